The first-order valence-electron chi connectivity index (χ1n) is 14.8. The number of rotatable bonds is 16. The lowest BCUT2D eigenvalue weighted by Gasteiger charge is -2.14. The fourth-order valence-corrected chi connectivity index (χ4v) is 4.89. The molecule has 0 aliphatic heterocycles. The van der Waals surface area contributed by atoms with Crippen LogP contribution in [0.15, 0.2) is 66.7 Å². The van der Waals surface area contributed by atoms with Crippen molar-refractivity contribution in [1.82, 2.24) is 4.57 Å². The molecule has 218 valence electrons. The van der Waals surface area contributed by atoms with Crippen molar-refractivity contribution >= 4 is 16.9 Å². The summed E-state index contributed by atoms with van der Waals surface area (Å²) in [6.45, 7) is 9.19. The van der Waals surface area contributed by atoms with Gasteiger partial charge in [0, 0.05) is 23.9 Å². The molecule has 4 rings (SSSR count). The van der Waals surface area contributed by atoms with E-state index in [0.29, 0.717) is 26.0 Å². The highest BCUT2D eigenvalue weighted by molar-refractivity contribution is 5.92. The summed E-state index contributed by atoms with van der Waals surface area (Å²) < 4.78 is 24.9. The zero-order valence-corrected chi connectivity index (χ0v) is 24.9. The molecule has 0 N–H and O–H groups in total. The monoisotopic (exact) mass is 557 g/mol. The topological polar surface area (TPSA) is 58.9 Å². The second-order valence-electron chi connectivity index (χ2n) is 10.3. The van der Waals surface area contributed by atoms with Gasteiger partial charge in [0.25, 0.3) is 0 Å². The van der Waals surface area contributed by atoms with E-state index in [1.165, 1.54) is 34.8 Å². The van der Waals surface area contributed by atoms with Gasteiger partial charge in [-0.25, -0.2) is 0 Å². The fraction of sp³-hybridized carbons (Fsp3) is 0.400. The van der Waals surface area contributed by atoms with E-state index in [2.05, 4.69) is 79.9 Å². The third kappa shape index (κ3) is 8.06. The Morgan fingerprint density at radius 1 is 0.732 bits per heavy atom. The summed E-state index contributed by atoms with van der Waals surface area (Å²) in [5.41, 5.74) is 5.92. The van der Waals surface area contributed by atoms with Gasteiger partial charge in [0.1, 0.15) is 17.2 Å². The molecular weight excluding hydrogens is 514 g/mol. The predicted octanol–water partition coefficient (Wildman–Crippen LogP) is 8.35. The minimum absolute atomic E-state index is 0.215. The summed E-state index contributed by atoms with van der Waals surface area (Å²) in [7, 11) is 1.40. The van der Waals surface area contributed by atoms with Crippen LogP contribution in [-0.2, 0) is 16.1 Å². The number of fused-ring (bicyclic) bond motifs is 1. The molecule has 0 saturated heterocycles. The van der Waals surface area contributed by atoms with Crippen molar-refractivity contribution in [2.45, 2.75) is 65.8 Å². The average molecular weight is 558 g/mol. The maximum Gasteiger partial charge on any atom is 0.305 e. The number of hydrogen-bond acceptors (Lipinski definition) is 5. The van der Waals surface area contributed by atoms with Crippen molar-refractivity contribution in [3.63, 3.8) is 0 Å². The summed E-state index contributed by atoms with van der Waals surface area (Å²) in [4.78, 5) is 11.3. The number of carbonyl (C=O) groups excluding carboxylic acids is 1. The molecule has 0 fully saturated rings. The highest BCUT2D eigenvalue weighted by Crippen LogP contribution is 2.36. The van der Waals surface area contributed by atoms with Crippen molar-refractivity contribution < 1.29 is 23.7 Å². The molecular formula is C35H43NO5. The van der Waals surface area contributed by atoms with Gasteiger partial charge in [-0.3, -0.25) is 4.79 Å². The van der Waals surface area contributed by atoms with E-state index < -0.39 is 0 Å². The Morgan fingerprint density at radius 2 is 1.29 bits per heavy atom. The molecule has 0 bridgehead atoms. The number of esters is 1. The Morgan fingerprint density at radius 3 is 1.90 bits per heavy atom. The number of carbonyl (C=O) groups is 1. The number of methoxy groups -OCH3 is 1. The van der Waals surface area contributed by atoms with Crippen LogP contribution < -0.4 is 14.2 Å². The van der Waals surface area contributed by atoms with Gasteiger partial charge in [-0.15, -0.1) is 0 Å². The maximum atomic E-state index is 11.3. The quantitative estimate of drug-likeness (QED) is 0.102. The molecule has 0 atom stereocenters. The van der Waals surface area contributed by atoms with E-state index >= 15 is 0 Å². The van der Waals surface area contributed by atoms with Crippen LogP contribution in [0, 0.1) is 6.92 Å². The van der Waals surface area contributed by atoms with Crippen molar-refractivity contribution in [3.8, 4) is 28.5 Å². The number of unbranched alkanes of at least 4 members (excludes halogenated alkanes) is 2. The van der Waals surface area contributed by atoms with E-state index in [9.17, 15) is 4.79 Å². The van der Waals surface area contributed by atoms with Gasteiger partial charge in [-0.05, 0) is 97.5 Å². The van der Waals surface area contributed by atoms with E-state index in [-0.39, 0.29) is 5.97 Å². The van der Waals surface area contributed by atoms with Crippen LogP contribution in [0.3, 0.4) is 0 Å². The third-order valence-corrected chi connectivity index (χ3v) is 7.23. The van der Waals surface area contributed by atoms with Crippen LogP contribution in [0.1, 0.15) is 63.5 Å². The van der Waals surface area contributed by atoms with Gasteiger partial charge in [-0.2, -0.15) is 0 Å². The van der Waals surface area contributed by atoms with Gasteiger partial charge < -0.3 is 23.5 Å². The van der Waals surface area contributed by atoms with E-state index in [1.54, 1.807) is 0 Å². The molecule has 6 nitrogen and oxygen atoms in total. The Hall–Kier alpha value is -3.93. The number of aryl methyl sites for hydroxylation is 1. The largest absolute Gasteiger partial charge is 0.494 e. The second kappa shape index (κ2) is 15.2. The highest BCUT2D eigenvalue weighted by Gasteiger charge is 2.17. The van der Waals surface area contributed by atoms with E-state index in [1.807, 2.05) is 12.1 Å². The summed E-state index contributed by atoms with van der Waals surface area (Å²) in [5.74, 6) is 2.38. The van der Waals surface area contributed by atoms with Crippen molar-refractivity contribution in [3.05, 3.63) is 77.9 Å². The number of benzene rings is 3. The standard InChI is InChI=1S/C35H43NO5/c1-5-7-21-39-30-17-13-28(14-18-30)35-26(3)32-24-31(41-22-8-6-2)19-20-33(32)36(35)25-27-11-15-29(16-12-27)40-23-9-10-34(37)38-4/h11-20,24H,5-10,21-23,25H2,1-4H3. The minimum atomic E-state index is -0.215. The Labute approximate surface area is 244 Å². The van der Waals surface area contributed by atoms with Crippen LogP contribution in [0.2, 0.25) is 0 Å². The molecule has 1 heterocycles. The van der Waals surface area contributed by atoms with Gasteiger partial charge in [-0.1, -0.05) is 38.8 Å². The van der Waals surface area contributed by atoms with Crippen LogP contribution in [-0.4, -0.2) is 37.5 Å². The first kappa shape index (κ1) is 30.0. The molecule has 4 aromatic rings. The summed E-state index contributed by atoms with van der Waals surface area (Å²) >= 11 is 0. The normalized spacial score (nSPS) is 11.0. The third-order valence-electron chi connectivity index (χ3n) is 7.23. The summed E-state index contributed by atoms with van der Waals surface area (Å²) in [6.07, 6.45) is 5.30. The van der Waals surface area contributed by atoms with Crippen LogP contribution in [0.5, 0.6) is 17.2 Å². The molecule has 6 heteroatoms. The van der Waals surface area contributed by atoms with Gasteiger partial charge in [0.2, 0.25) is 0 Å². The molecule has 0 saturated carbocycles. The zero-order valence-electron chi connectivity index (χ0n) is 24.9. The number of aromatic nitrogens is 1. The highest BCUT2D eigenvalue weighted by atomic mass is 16.5. The molecule has 0 amide bonds. The second-order valence-corrected chi connectivity index (χ2v) is 10.3. The number of nitrogens with zero attached hydrogens (tertiary/aromatic N) is 1. The van der Waals surface area contributed by atoms with Crippen LogP contribution >= 0.6 is 0 Å². The SMILES string of the molecule is CCCCOc1ccc(-c2c(C)c3cc(OCCCC)ccc3n2Cc2ccc(OCCCC(=O)OC)cc2)cc1. The Balaban J connectivity index is 1.60. The number of hydrogen-bond donors (Lipinski definition) is 0. The minimum Gasteiger partial charge on any atom is -0.494 e. The van der Waals surface area contributed by atoms with Crippen molar-refractivity contribution in [2.75, 3.05) is 26.9 Å². The van der Waals surface area contributed by atoms with Gasteiger partial charge in [0.05, 0.1) is 32.6 Å². The van der Waals surface area contributed by atoms with Crippen molar-refractivity contribution in [2.24, 2.45) is 0 Å². The zero-order chi connectivity index (χ0) is 29.0. The Kier molecular flexibility index (Phi) is 11.1. The van der Waals surface area contributed by atoms with Crippen molar-refractivity contribution in [1.29, 1.82) is 0 Å². The molecule has 0 unspecified atom stereocenters. The van der Waals surface area contributed by atoms with E-state index in [0.717, 1.165) is 61.7 Å². The molecule has 0 aliphatic rings. The molecule has 41 heavy (non-hydrogen) atoms. The van der Waals surface area contributed by atoms with E-state index in [4.69, 9.17) is 18.9 Å². The molecule has 0 spiro atoms. The fourth-order valence-electron chi connectivity index (χ4n) is 4.89. The lowest BCUT2D eigenvalue weighted by atomic mass is 10.1. The van der Waals surface area contributed by atoms with Crippen LogP contribution in [0.4, 0.5) is 0 Å². The first-order chi connectivity index (χ1) is 20.0. The molecule has 0 radical (unpaired) electrons. The summed E-state index contributed by atoms with van der Waals surface area (Å²) in [5, 5.41) is 1.20. The van der Waals surface area contributed by atoms with Gasteiger partial charge in [0.15, 0.2) is 0 Å². The molecule has 0 aliphatic carbocycles. The Bertz CT molecular complexity index is 1390. The maximum absolute atomic E-state index is 11.3. The smallest absolute Gasteiger partial charge is 0.305 e. The van der Waals surface area contributed by atoms with Gasteiger partial charge >= 0.3 is 5.97 Å². The predicted molar refractivity (Wildman–Crippen MR) is 165 cm³/mol. The first-order valence-corrected chi connectivity index (χ1v) is 14.8. The average Bonchev–Trinajstić information content (AvgIpc) is 3.26. The lowest BCUT2D eigenvalue weighted by Crippen LogP contribution is -2.05. The molecule has 3 aromatic carbocycles. The number of ether oxygens (including phenoxy) is 4. The summed E-state index contributed by atoms with van der Waals surface area (Å²) in [6, 6.07) is 23.1. The van der Waals surface area contributed by atoms with Crippen LogP contribution in [0.25, 0.3) is 22.2 Å². The molecule has 1 aromatic heterocycles. The lowest BCUT2D eigenvalue weighted by molar-refractivity contribution is -0.140.